The molecule has 16 heavy (non-hydrogen) atoms. The van der Waals surface area contributed by atoms with Crippen molar-refractivity contribution in [1.82, 2.24) is 5.32 Å². The summed E-state index contributed by atoms with van der Waals surface area (Å²) in [6.45, 7) is 3.85. The van der Waals surface area contributed by atoms with Crippen LogP contribution in [0.5, 0.6) is 0 Å². The average molecular weight is 224 g/mol. The molecule has 0 saturated carbocycles. The van der Waals surface area contributed by atoms with Crippen molar-refractivity contribution in [2.75, 3.05) is 0 Å². The van der Waals surface area contributed by atoms with E-state index in [1.807, 2.05) is 26.0 Å². The van der Waals surface area contributed by atoms with E-state index in [4.69, 9.17) is 10.2 Å². The molecule has 0 saturated heterocycles. The van der Waals surface area contributed by atoms with Crippen LogP contribution in [0.15, 0.2) is 22.8 Å². The third-order valence-electron chi connectivity index (χ3n) is 2.41. The van der Waals surface area contributed by atoms with Crippen molar-refractivity contribution in [2.45, 2.75) is 45.2 Å². The quantitative estimate of drug-likeness (QED) is 0.776. The van der Waals surface area contributed by atoms with Gasteiger partial charge in [-0.2, -0.15) is 0 Å². The SMILES string of the molecule is CC(N)CCCC(=O)N[C@H](C)c1ccco1. The molecule has 1 rings (SSSR count). The summed E-state index contributed by atoms with van der Waals surface area (Å²) in [4.78, 5) is 11.5. The lowest BCUT2D eigenvalue weighted by molar-refractivity contribution is -0.122. The van der Waals surface area contributed by atoms with Crippen LogP contribution in [0, 0.1) is 0 Å². The van der Waals surface area contributed by atoms with Crippen molar-refractivity contribution in [3.05, 3.63) is 24.2 Å². The normalized spacial score (nSPS) is 14.4. The van der Waals surface area contributed by atoms with E-state index < -0.39 is 0 Å². The van der Waals surface area contributed by atoms with Crippen molar-refractivity contribution >= 4 is 5.91 Å². The second-order valence-corrected chi connectivity index (χ2v) is 4.17. The molecule has 90 valence electrons. The van der Waals surface area contributed by atoms with Crippen molar-refractivity contribution in [2.24, 2.45) is 5.73 Å². The Bertz CT molecular complexity index is 307. The molecule has 0 spiro atoms. The van der Waals surface area contributed by atoms with Gasteiger partial charge in [-0.05, 0) is 38.8 Å². The molecule has 0 aliphatic carbocycles. The second-order valence-electron chi connectivity index (χ2n) is 4.17. The molecule has 0 aromatic carbocycles. The maximum Gasteiger partial charge on any atom is 0.220 e. The lowest BCUT2D eigenvalue weighted by Gasteiger charge is -2.11. The first-order valence-corrected chi connectivity index (χ1v) is 5.68. The largest absolute Gasteiger partial charge is 0.467 e. The molecule has 0 aliphatic rings. The molecule has 1 aromatic heterocycles. The van der Waals surface area contributed by atoms with E-state index in [2.05, 4.69) is 5.32 Å². The van der Waals surface area contributed by atoms with E-state index in [-0.39, 0.29) is 18.0 Å². The van der Waals surface area contributed by atoms with Crippen LogP contribution in [0.2, 0.25) is 0 Å². The molecular weight excluding hydrogens is 204 g/mol. The van der Waals surface area contributed by atoms with Gasteiger partial charge in [-0.3, -0.25) is 4.79 Å². The summed E-state index contributed by atoms with van der Waals surface area (Å²) in [5.74, 6) is 0.824. The van der Waals surface area contributed by atoms with E-state index in [9.17, 15) is 4.79 Å². The first-order valence-electron chi connectivity index (χ1n) is 5.68. The Hall–Kier alpha value is -1.29. The second kappa shape index (κ2) is 6.33. The van der Waals surface area contributed by atoms with Gasteiger partial charge >= 0.3 is 0 Å². The van der Waals surface area contributed by atoms with E-state index >= 15 is 0 Å². The van der Waals surface area contributed by atoms with Gasteiger partial charge in [0.25, 0.3) is 0 Å². The number of amides is 1. The van der Waals surface area contributed by atoms with E-state index in [1.54, 1.807) is 6.26 Å². The molecule has 0 aliphatic heterocycles. The minimum Gasteiger partial charge on any atom is -0.467 e. The molecule has 1 aromatic rings. The zero-order chi connectivity index (χ0) is 12.0. The highest BCUT2D eigenvalue weighted by molar-refractivity contribution is 5.76. The minimum atomic E-state index is -0.0715. The highest BCUT2D eigenvalue weighted by Gasteiger charge is 2.11. The standard InChI is InChI=1S/C12H20N2O2/c1-9(13)5-3-7-12(15)14-10(2)11-6-4-8-16-11/h4,6,8-10H,3,5,7,13H2,1-2H3,(H,14,15)/t9?,10-/m1/s1. The van der Waals surface area contributed by atoms with Crippen LogP contribution in [-0.4, -0.2) is 11.9 Å². The third-order valence-corrected chi connectivity index (χ3v) is 2.41. The smallest absolute Gasteiger partial charge is 0.220 e. The Kier molecular flexibility index (Phi) is 5.05. The molecule has 1 unspecified atom stereocenters. The maximum atomic E-state index is 11.5. The van der Waals surface area contributed by atoms with Crippen LogP contribution in [0.3, 0.4) is 0 Å². The molecule has 4 heteroatoms. The van der Waals surface area contributed by atoms with Crippen LogP contribution in [0.25, 0.3) is 0 Å². The molecule has 0 radical (unpaired) electrons. The van der Waals surface area contributed by atoms with E-state index in [1.165, 1.54) is 0 Å². The number of hydrogen-bond acceptors (Lipinski definition) is 3. The van der Waals surface area contributed by atoms with E-state index in [0.717, 1.165) is 18.6 Å². The van der Waals surface area contributed by atoms with Crippen LogP contribution in [0.4, 0.5) is 0 Å². The van der Waals surface area contributed by atoms with Crippen molar-refractivity contribution in [1.29, 1.82) is 0 Å². The van der Waals surface area contributed by atoms with Crippen molar-refractivity contribution < 1.29 is 9.21 Å². The molecule has 4 nitrogen and oxygen atoms in total. The van der Waals surface area contributed by atoms with Gasteiger partial charge in [0, 0.05) is 12.5 Å². The average Bonchev–Trinajstić information content (AvgIpc) is 2.69. The number of nitrogens with two attached hydrogens (primary N) is 1. The molecule has 3 N–H and O–H groups in total. The molecule has 1 heterocycles. The van der Waals surface area contributed by atoms with Gasteiger partial charge in [0.15, 0.2) is 0 Å². The molecule has 0 fully saturated rings. The van der Waals surface area contributed by atoms with Crippen LogP contribution in [0.1, 0.15) is 44.9 Å². The Morgan fingerprint density at radius 2 is 2.31 bits per heavy atom. The monoisotopic (exact) mass is 224 g/mol. The fourth-order valence-electron chi connectivity index (χ4n) is 1.51. The predicted molar refractivity (Wildman–Crippen MR) is 62.8 cm³/mol. The van der Waals surface area contributed by atoms with Gasteiger partial charge in [0.05, 0.1) is 12.3 Å². The molecule has 2 atom stereocenters. The van der Waals surface area contributed by atoms with Gasteiger partial charge in [-0.1, -0.05) is 0 Å². The number of carbonyl (C=O) groups is 1. The zero-order valence-electron chi connectivity index (χ0n) is 9.90. The van der Waals surface area contributed by atoms with Gasteiger partial charge in [0.1, 0.15) is 5.76 Å². The first kappa shape index (κ1) is 12.8. The minimum absolute atomic E-state index is 0.0459. The molecule has 0 bridgehead atoms. The summed E-state index contributed by atoms with van der Waals surface area (Å²) in [6, 6.07) is 3.76. The summed E-state index contributed by atoms with van der Waals surface area (Å²) >= 11 is 0. The molecule has 1 amide bonds. The highest BCUT2D eigenvalue weighted by atomic mass is 16.3. The number of nitrogens with one attached hydrogen (secondary N) is 1. The van der Waals surface area contributed by atoms with Crippen LogP contribution < -0.4 is 11.1 Å². The number of rotatable bonds is 6. The van der Waals surface area contributed by atoms with Gasteiger partial charge in [-0.25, -0.2) is 0 Å². The summed E-state index contributed by atoms with van der Waals surface area (Å²) < 4.78 is 5.20. The number of carbonyl (C=O) groups excluding carboxylic acids is 1. The van der Waals surface area contributed by atoms with Crippen LogP contribution >= 0.6 is 0 Å². The van der Waals surface area contributed by atoms with Crippen LogP contribution in [-0.2, 0) is 4.79 Å². The van der Waals surface area contributed by atoms with Crippen molar-refractivity contribution in [3.63, 3.8) is 0 Å². The Morgan fingerprint density at radius 3 is 2.88 bits per heavy atom. The fourth-order valence-corrected chi connectivity index (χ4v) is 1.51. The topological polar surface area (TPSA) is 68.3 Å². The molecular formula is C12H20N2O2. The number of hydrogen-bond donors (Lipinski definition) is 2. The fraction of sp³-hybridized carbons (Fsp3) is 0.583. The maximum absolute atomic E-state index is 11.5. The van der Waals surface area contributed by atoms with Gasteiger partial charge in [0.2, 0.25) is 5.91 Å². The van der Waals surface area contributed by atoms with Gasteiger partial charge in [-0.15, -0.1) is 0 Å². The predicted octanol–water partition coefficient (Wildman–Crippen LogP) is 1.97. The van der Waals surface area contributed by atoms with Crippen molar-refractivity contribution in [3.8, 4) is 0 Å². The number of furan rings is 1. The highest BCUT2D eigenvalue weighted by Crippen LogP contribution is 2.12. The summed E-state index contributed by atoms with van der Waals surface area (Å²) in [7, 11) is 0. The lowest BCUT2D eigenvalue weighted by Crippen LogP contribution is -2.26. The van der Waals surface area contributed by atoms with E-state index in [0.29, 0.717) is 6.42 Å². The zero-order valence-corrected chi connectivity index (χ0v) is 9.90. The first-order chi connectivity index (χ1) is 7.59. The summed E-state index contributed by atoms with van der Waals surface area (Å²) in [6.07, 6.45) is 3.83. The Balaban J connectivity index is 2.24. The Labute approximate surface area is 96.2 Å². The summed E-state index contributed by atoms with van der Waals surface area (Å²) in [5, 5.41) is 2.88. The summed E-state index contributed by atoms with van der Waals surface area (Å²) in [5.41, 5.74) is 5.61. The lowest BCUT2D eigenvalue weighted by atomic mass is 10.1. The van der Waals surface area contributed by atoms with Gasteiger partial charge < -0.3 is 15.5 Å². The Morgan fingerprint density at radius 1 is 1.56 bits per heavy atom. The third kappa shape index (κ3) is 4.49.